The summed E-state index contributed by atoms with van der Waals surface area (Å²) in [7, 11) is 0. The molecule has 0 atom stereocenters. The molecule has 0 saturated carbocycles. The van der Waals surface area contributed by atoms with Gasteiger partial charge in [0, 0.05) is 27.6 Å². The van der Waals surface area contributed by atoms with Gasteiger partial charge in [0.2, 0.25) is 0 Å². The Morgan fingerprint density at radius 1 is 1.13 bits per heavy atom. The average molecular weight is 429 g/mol. The van der Waals surface area contributed by atoms with Crippen LogP contribution in [0.2, 0.25) is 0 Å². The van der Waals surface area contributed by atoms with E-state index in [9.17, 15) is 9.59 Å². The third-order valence-corrected chi connectivity index (χ3v) is 7.74. The number of nitrogens with zero attached hydrogens (tertiary/aromatic N) is 1. The molecule has 0 bridgehead atoms. The van der Waals surface area contributed by atoms with Crippen molar-refractivity contribution in [3.8, 4) is 0 Å². The first-order chi connectivity index (χ1) is 14.3. The van der Waals surface area contributed by atoms with Crippen molar-refractivity contribution < 1.29 is 4.79 Å². The van der Waals surface area contributed by atoms with Gasteiger partial charge in [0.15, 0.2) is 0 Å². The van der Waals surface area contributed by atoms with E-state index in [1.165, 1.54) is 41.0 Å². The number of pyridine rings is 1. The van der Waals surface area contributed by atoms with Crippen molar-refractivity contribution in [2.75, 3.05) is 6.54 Å². The third-order valence-electron chi connectivity index (χ3n) is 6.36. The number of aromatic amines is 1. The maximum Gasteiger partial charge on any atom is 0.255 e. The maximum absolute atomic E-state index is 13.5. The minimum atomic E-state index is -0.0746. The van der Waals surface area contributed by atoms with Crippen molar-refractivity contribution in [3.63, 3.8) is 0 Å². The molecule has 2 aromatic rings. The van der Waals surface area contributed by atoms with Crippen LogP contribution in [-0.4, -0.2) is 22.3 Å². The Balaban J connectivity index is 1.87. The number of hydrogen-bond acceptors (Lipinski definition) is 3. The van der Waals surface area contributed by atoms with E-state index in [1.54, 1.807) is 0 Å². The number of amides is 1. The normalized spacial score (nSPS) is 14.3. The summed E-state index contributed by atoms with van der Waals surface area (Å²) in [5, 5.41) is 0. The average Bonchev–Trinajstić information content (AvgIpc) is 2.88. The molecule has 2 aromatic heterocycles. The van der Waals surface area contributed by atoms with Crippen LogP contribution in [0.4, 0.5) is 0 Å². The van der Waals surface area contributed by atoms with Gasteiger partial charge in [0.05, 0.1) is 12.1 Å². The number of aromatic nitrogens is 1. The molecule has 0 saturated heterocycles. The Morgan fingerprint density at radius 2 is 1.83 bits per heavy atom. The van der Waals surface area contributed by atoms with E-state index in [4.69, 9.17) is 0 Å². The fourth-order valence-corrected chi connectivity index (χ4v) is 6.27. The molecule has 0 aliphatic carbocycles. The molecule has 0 spiro atoms. The van der Waals surface area contributed by atoms with Crippen LogP contribution in [0.1, 0.15) is 88.4 Å². The standard InChI is InChI=1S/C25H36N2O2S/c1-6-9-19(10-7-2)14-22-18(5)23-21(30-22)11-8-12-27(25(23)29)15-20-16(3)13-17(4)26-24(20)28/h13,19H,6-12,14-15H2,1-5H3,(H,26,28). The molecule has 1 aliphatic rings. The third kappa shape index (κ3) is 4.88. The van der Waals surface area contributed by atoms with Crippen molar-refractivity contribution in [2.24, 2.45) is 5.92 Å². The van der Waals surface area contributed by atoms with Crippen LogP contribution in [0, 0.1) is 26.7 Å². The molecule has 1 N–H and O–H groups in total. The first-order valence-corrected chi connectivity index (χ1v) is 12.3. The minimum Gasteiger partial charge on any atom is -0.334 e. The lowest BCUT2D eigenvalue weighted by Crippen LogP contribution is -2.33. The summed E-state index contributed by atoms with van der Waals surface area (Å²) in [6.45, 7) is 11.6. The monoisotopic (exact) mass is 428 g/mol. The highest BCUT2D eigenvalue weighted by Crippen LogP contribution is 2.35. The van der Waals surface area contributed by atoms with E-state index in [1.807, 2.05) is 36.2 Å². The zero-order valence-corrected chi connectivity index (χ0v) is 20.0. The van der Waals surface area contributed by atoms with Crippen molar-refractivity contribution in [1.82, 2.24) is 9.88 Å². The van der Waals surface area contributed by atoms with E-state index in [0.717, 1.165) is 36.1 Å². The molecule has 0 aromatic carbocycles. The first-order valence-electron chi connectivity index (χ1n) is 11.4. The largest absolute Gasteiger partial charge is 0.334 e. The van der Waals surface area contributed by atoms with E-state index in [0.29, 0.717) is 24.6 Å². The van der Waals surface area contributed by atoms with Gasteiger partial charge in [-0.25, -0.2) is 0 Å². The summed E-state index contributed by atoms with van der Waals surface area (Å²) in [6.07, 6.45) is 7.94. The first kappa shape index (κ1) is 22.8. The van der Waals surface area contributed by atoms with E-state index in [2.05, 4.69) is 25.8 Å². The lowest BCUT2D eigenvalue weighted by Gasteiger charge is -2.22. The topological polar surface area (TPSA) is 53.2 Å². The van der Waals surface area contributed by atoms with Gasteiger partial charge >= 0.3 is 0 Å². The SMILES string of the molecule is CCCC(CCC)Cc1sc2c(c1C)C(=O)N(Cc1c(C)cc(C)[nH]c1=O)CCC2. The second kappa shape index (κ2) is 9.95. The number of carbonyl (C=O) groups excluding carboxylic acids is 1. The number of thiophene rings is 1. The number of fused-ring (bicyclic) bond motifs is 1. The molecule has 30 heavy (non-hydrogen) atoms. The number of aryl methyl sites for hydroxylation is 3. The van der Waals surface area contributed by atoms with Gasteiger partial charge in [-0.1, -0.05) is 39.5 Å². The molecule has 0 unspecified atom stereocenters. The van der Waals surface area contributed by atoms with Gasteiger partial charge in [-0.2, -0.15) is 0 Å². The Kier molecular flexibility index (Phi) is 7.56. The number of rotatable bonds is 8. The summed E-state index contributed by atoms with van der Waals surface area (Å²) >= 11 is 1.86. The molecule has 1 amide bonds. The van der Waals surface area contributed by atoms with Crippen molar-refractivity contribution >= 4 is 17.2 Å². The van der Waals surface area contributed by atoms with E-state index < -0.39 is 0 Å². The summed E-state index contributed by atoms with van der Waals surface area (Å²) in [6, 6.07) is 1.99. The van der Waals surface area contributed by atoms with Crippen LogP contribution in [0.3, 0.4) is 0 Å². The van der Waals surface area contributed by atoms with Crippen LogP contribution < -0.4 is 5.56 Å². The van der Waals surface area contributed by atoms with Crippen molar-refractivity contribution in [3.05, 3.63) is 54.1 Å². The quantitative estimate of drug-likeness (QED) is 0.585. The highest BCUT2D eigenvalue weighted by Gasteiger charge is 2.29. The van der Waals surface area contributed by atoms with Crippen molar-refractivity contribution in [1.29, 1.82) is 0 Å². The van der Waals surface area contributed by atoms with Crippen LogP contribution in [-0.2, 0) is 19.4 Å². The number of carbonyl (C=O) groups is 1. The summed E-state index contributed by atoms with van der Waals surface area (Å²) < 4.78 is 0. The van der Waals surface area contributed by atoms with Crippen LogP contribution >= 0.6 is 11.3 Å². The second-order valence-corrected chi connectivity index (χ2v) is 10.1. The molecule has 0 fully saturated rings. The maximum atomic E-state index is 13.5. The van der Waals surface area contributed by atoms with Gasteiger partial charge in [0.1, 0.15) is 0 Å². The molecule has 164 valence electrons. The molecule has 4 nitrogen and oxygen atoms in total. The molecular formula is C25H36N2O2S. The lowest BCUT2D eigenvalue weighted by atomic mass is 9.92. The summed E-state index contributed by atoms with van der Waals surface area (Å²) in [5.41, 5.74) is 4.54. The molecule has 5 heteroatoms. The predicted molar refractivity (Wildman–Crippen MR) is 126 cm³/mol. The fraction of sp³-hybridized carbons (Fsp3) is 0.600. The zero-order valence-electron chi connectivity index (χ0n) is 19.2. The van der Waals surface area contributed by atoms with Crippen LogP contribution in [0.5, 0.6) is 0 Å². The van der Waals surface area contributed by atoms with Crippen molar-refractivity contribution in [2.45, 2.75) is 86.1 Å². The Bertz CT molecular complexity index is 951. The second-order valence-electron chi connectivity index (χ2n) is 8.87. The number of nitrogens with one attached hydrogen (secondary N) is 1. The Labute approximate surface area is 184 Å². The Morgan fingerprint density at radius 3 is 2.47 bits per heavy atom. The predicted octanol–water partition coefficient (Wildman–Crippen LogP) is 5.71. The molecular weight excluding hydrogens is 392 g/mol. The zero-order chi connectivity index (χ0) is 21.8. The van der Waals surface area contributed by atoms with E-state index >= 15 is 0 Å². The summed E-state index contributed by atoms with van der Waals surface area (Å²) in [5.74, 6) is 0.811. The smallest absolute Gasteiger partial charge is 0.255 e. The summed E-state index contributed by atoms with van der Waals surface area (Å²) in [4.78, 5) is 33.4. The highest BCUT2D eigenvalue weighted by molar-refractivity contribution is 7.12. The van der Waals surface area contributed by atoms with Gasteiger partial charge in [-0.3, -0.25) is 9.59 Å². The molecule has 1 aliphatic heterocycles. The molecule has 0 radical (unpaired) electrons. The van der Waals surface area contributed by atoms with Gasteiger partial charge in [-0.05, 0) is 63.1 Å². The number of hydrogen-bond donors (Lipinski definition) is 1. The molecule has 3 rings (SSSR count). The van der Waals surface area contributed by atoms with E-state index in [-0.39, 0.29) is 11.5 Å². The lowest BCUT2D eigenvalue weighted by molar-refractivity contribution is 0.0747. The number of H-pyrrole nitrogens is 1. The Hall–Kier alpha value is -1.88. The molecule has 3 heterocycles. The fourth-order valence-electron chi connectivity index (χ4n) is 4.81. The van der Waals surface area contributed by atoms with Gasteiger partial charge in [-0.15, -0.1) is 11.3 Å². The van der Waals surface area contributed by atoms with Crippen LogP contribution in [0.15, 0.2) is 10.9 Å². The minimum absolute atomic E-state index is 0.0746. The highest BCUT2D eigenvalue weighted by atomic mass is 32.1. The van der Waals surface area contributed by atoms with Crippen LogP contribution in [0.25, 0.3) is 0 Å². The van der Waals surface area contributed by atoms with Gasteiger partial charge < -0.3 is 9.88 Å². The van der Waals surface area contributed by atoms with Gasteiger partial charge in [0.25, 0.3) is 11.5 Å².